The van der Waals surface area contributed by atoms with Gasteiger partial charge in [0.25, 0.3) is 0 Å². The summed E-state index contributed by atoms with van der Waals surface area (Å²) in [5.74, 6) is 3.84. The highest BCUT2D eigenvalue weighted by Gasteiger charge is 2.42. The van der Waals surface area contributed by atoms with Crippen LogP contribution in [0.1, 0.15) is 22.3 Å². The Hall–Kier alpha value is -5.25. The molecule has 0 amide bonds. The Labute approximate surface area is 250 Å². The summed E-state index contributed by atoms with van der Waals surface area (Å²) in [5, 5.41) is 3.77. The lowest BCUT2D eigenvalue weighted by molar-refractivity contribution is 0.951. The maximum atomic E-state index is 8.01. The molecule has 4 aliphatic heterocycles. The number of aromatic nitrogens is 2. The molecule has 0 fully saturated rings. The Morgan fingerprint density at radius 1 is 0.442 bits per heavy atom. The average molecular weight is 591 g/mol. The van der Waals surface area contributed by atoms with Gasteiger partial charge in [0, 0.05) is 43.8 Å². The zero-order valence-corrected chi connectivity index (χ0v) is 24.4. The van der Waals surface area contributed by atoms with Crippen LogP contribution in [0.15, 0.2) is 127 Å². The largest absolute Gasteiger partial charge is 0.376 e. The molecule has 202 valence electrons. The lowest BCUT2D eigenvalue weighted by Crippen LogP contribution is -2.53. The normalized spacial score (nSPS) is 19.0. The van der Waals surface area contributed by atoms with Gasteiger partial charge in [0.15, 0.2) is 23.3 Å². The van der Waals surface area contributed by atoms with Crippen LogP contribution in [0.5, 0.6) is 0 Å². The lowest BCUT2D eigenvalue weighted by Gasteiger charge is -2.26. The minimum atomic E-state index is -3.32. The summed E-state index contributed by atoms with van der Waals surface area (Å²) >= 11 is 8.01. The molecule has 0 radical (unpaired) electrons. The topological polar surface area (TPSA) is 84.0 Å². The van der Waals surface area contributed by atoms with Crippen LogP contribution in [0, 0.1) is 0 Å². The van der Waals surface area contributed by atoms with E-state index in [1.165, 1.54) is 0 Å². The van der Waals surface area contributed by atoms with Crippen LogP contribution in [-0.4, -0.2) is 39.5 Å². The lowest BCUT2D eigenvalue weighted by atomic mass is 10.1. The summed E-state index contributed by atoms with van der Waals surface area (Å²) in [4.78, 5) is 31.1. The van der Waals surface area contributed by atoms with Crippen molar-refractivity contribution in [1.82, 2.24) is 8.47 Å². The number of amidine groups is 4. The minimum absolute atomic E-state index is 0.604. The van der Waals surface area contributed by atoms with Crippen molar-refractivity contribution in [2.75, 3.05) is 0 Å². The molecule has 43 heavy (non-hydrogen) atoms. The second-order valence-electron chi connectivity index (χ2n) is 11.0. The van der Waals surface area contributed by atoms with Crippen molar-refractivity contribution >= 4 is 75.3 Å². The molecule has 1 unspecified atom stereocenters. The summed E-state index contributed by atoms with van der Waals surface area (Å²) in [6.45, 7) is 2.09. The van der Waals surface area contributed by atoms with Crippen molar-refractivity contribution in [2.24, 2.45) is 30.0 Å². The molecular weight excluding hydrogens is 572 g/mol. The molecular formula is C33H19ClN8Si. The molecule has 8 nitrogen and oxygen atoms in total. The first-order valence-electron chi connectivity index (χ1n) is 14.0. The number of nitrogens with zero attached hydrogens (tertiary/aromatic N) is 8. The second-order valence-corrected chi connectivity index (χ2v) is 15.9. The highest BCUT2D eigenvalue weighted by Crippen LogP contribution is 2.43. The third-order valence-electron chi connectivity index (χ3n) is 8.57. The molecule has 6 bridgehead atoms. The van der Waals surface area contributed by atoms with Crippen LogP contribution in [-0.2, 0) is 0 Å². The number of aliphatic imine (C=N–C) groups is 4. The molecule has 0 N–H and O–H groups in total. The highest BCUT2D eigenvalue weighted by molar-refractivity contribution is 7.18. The van der Waals surface area contributed by atoms with Crippen LogP contribution in [0.4, 0.5) is 11.6 Å². The van der Waals surface area contributed by atoms with Crippen LogP contribution >= 0.6 is 11.1 Å². The molecule has 4 aliphatic rings. The van der Waals surface area contributed by atoms with Gasteiger partial charge < -0.3 is 8.47 Å². The van der Waals surface area contributed by atoms with Crippen molar-refractivity contribution < 1.29 is 0 Å². The standard InChI is InChI=1S/C33H19ClN8Si/c1-43(34)41-30-22-14-6-7-15-23(22)32(41)39-28-20-12-4-5-13-21(20)29(36-28)40-33-25-17-9-8-16-24(25)31(42(33)43)38-27-19-11-3-2-10-18(19)26(35-27)37-30/h2-17H,1H3. The number of hydrogen-bond acceptors (Lipinski definition) is 6. The number of fused-ring (bicyclic) bond motifs is 14. The van der Waals surface area contributed by atoms with E-state index in [4.69, 9.17) is 41.0 Å². The van der Waals surface area contributed by atoms with E-state index < -0.39 is 7.71 Å². The first-order chi connectivity index (χ1) is 21.1. The Morgan fingerprint density at radius 2 is 0.791 bits per heavy atom. The van der Waals surface area contributed by atoms with Gasteiger partial charge >= 0.3 is 7.71 Å². The number of halogens is 1. The van der Waals surface area contributed by atoms with Gasteiger partial charge in [-0.05, 0) is 6.55 Å². The predicted octanol–water partition coefficient (Wildman–Crippen LogP) is 5.74. The smallest absolute Gasteiger partial charge is 0.306 e. The maximum absolute atomic E-state index is 8.01. The molecule has 0 saturated carbocycles. The van der Waals surface area contributed by atoms with Gasteiger partial charge in [-0.15, -0.1) is 11.1 Å². The molecule has 0 saturated heterocycles. The maximum Gasteiger partial charge on any atom is 0.376 e. The van der Waals surface area contributed by atoms with E-state index in [2.05, 4.69) is 39.3 Å². The van der Waals surface area contributed by atoms with Crippen molar-refractivity contribution in [3.05, 3.63) is 130 Å². The van der Waals surface area contributed by atoms with Crippen LogP contribution in [0.25, 0.3) is 21.5 Å². The molecule has 4 aromatic carbocycles. The van der Waals surface area contributed by atoms with Gasteiger partial charge in [-0.1, -0.05) is 97.1 Å². The van der Waals surface area contributed by atoms with Crippen molar-refractivity contribution in [3.63, 3.8) is 0 Å². The summed E-state index contributed by atoms with van der Waals surface area (Å²) in [5.41, 5.74) is 5.15. The van der Waals surface area contributed by atoms with Gasteiger partial charge in [-0.2, -0.15) is 0 Å². The van der Waals surface area contributed by atoms with Gasteiger partial charge in [0.1, 0.15) is 22.6 Å². The molecule has 6 aromatic rings. The summed E-state index contributed by atoms with van der Waals surface area (Å²) in [6.07, 6.45) is 0. The fourth-order valence-electron chi connectivity index (χ4n) is 6.67. The van der Waals surface area contributed by atoms with Crippen LogP contribution < -0.4 is 11.0 Å². The van der Waals surface area contributed by atoms with E-state index in [0.717, 1.165) is 43.8 Å². The number of rotatable bonds is 0. The monoisotopic (exact) mass is 590 g/mol. The third kappa shape index (κ3) is 2.94. The van der Waals surface area contributed by atoms with Gasteiger partial charge in [-0.3, -0.25) is 0 Å². The Bertz CT molecular complexity index is 2380. The van der Waals surface area contributed by atoms with Gasteiger partial charge in [0.2, 0.25) is 0 Å². The molecule has 0 aliphatic carbocycles. The Balaban J connectivity index is 1.53. The summed E-state index contributed by atoms with van der Waals surface area (Å²) in [6, 6.07) is 32.6. The predicted molar refractivity (Wildman–Crippen MR) is 173 cm³/mol. The molecule has 1 atom stereocenters. The molecule has 2 aromatic heterocycles. The Morgan fingerprint density at radius 3 is 1.21 bits per heavy atom. The second kappa shape index (κ2) is 7.97. The zero-order chi connectivity index (χ0) is 28.4. The van der Waals surface area contributed by atoms with Gasteiger partial charge in [0.05, 0.1) is 0 Å². The fourth-order valence-corrected chi connectivity index (χ4v) is 10.1. The van der Waals surface area contributed by atoms with Crippen LogP contribution in [0.2, 0.25) is 6.55 Å². The molecule has 10 heteroatoms. The van der Waals surface area contributed by atoms with E-state index >= 15 is 0 Å². The quantitative estimate of drug-likeness (QED) is 0.160. The summed E-state index contributed by atoms with van der Waals surface area (Å²) < 4.78 is 4.25. The van der Waals surface area contributed by atoms with Crippen LogP contribution in [0.3, 0.4) is 0 Å². The van der Waals surface area contributed by atoms with Gasteiger partial charge in [-0.25, -0.2) is 30.0 Å². The van der Waals surface area contributed by atoms with E-state index in [1.807, 2.05) is 72.8 Å². The molecule has 0 spiro atoms. The minimum Gasteiger partial charge on any atom is -0.306 e. The molecule has 10 rings (SSSR count). The third-order valence-corrected chi connectivity index (χ3v) is 12.1. The first-order valence-corrected chi connectivity index (χ1v) is 17.4. The average Bonchev–Trinajstić information content (AvgIpc) is 3.74. The first kappa shape index (κ1) is 23.3. The number of benzene rings is 4. The van der Waals surface area contributed by atoms with E-state index in [-0.39, 0.29) is 0 Å². The van der Waals surface area contributed by atoms with E-state index in [0.29, 0.717) is 46.0 Å². The highest BCUT2D eigenvalue weighted by atomic mass is 35.6. The fraction of sp³-hybridized carbons (Fsp3) is 0.0303. The SMILES string of the molecule is C[Si]1(Cl)n2c3c4ccccc4c2N=C2N=C(N=c4c5ccccc5c(n41)=NC1=NC(=N3)c3ccccc31)c1ccccc12. The zero-order valence-electron chi connectivity index (χ0n) is 22.7. The summed E-state index contributed by atoms with van der Waals surface area (Å²) in [7, 11) is -3.32. The van der Waals surface area contributed by atoms with E-state index in [9.17, 15) is 0 Å². The Kier molecular flexibility index (Phi) is 4.32. The van der Waals surface area contributed by atoms with E-state index in [1.54, 1.807) is 0 Å². The van der Waals surface area contributed by atoms with Crippen molar-refractivity contribution in [3.8, 4) is 0 Å². The number of hydrogen-bond donors (Lipinski definition) is 0. The van der Waals surface area contributed by atoms with Crippen molar-refractivity contribution in [1.29, 1.82) is 0 Å². The van der Waals surface area contributed by atoms with Crippen molar-refractivity contribution in [2.45, 2.75) is 6.55 Å². The molecule has 6 heterocycles.